The molecule has 1 fully saturated rings. The smallest absolute Gasteiger partial charge is 0.334 e. The molecule has 1 saturated heterocycles. The standard InChI is InChI=1S/C22H28O6/c1-6-14(4)21(24)28-20-18-15(5)22(25)27-17(18)11-13(3)9-8-10-16(12-23)19(20)26-7-2/h6,10-12,17-20H,5,7-9H2,1-4H3/b13-11-,14-6-,16-10?/t17-,18+,19+,20+/m1/s1. The van der Waals surface area contributed by atoms with Gasteiger partial charge in [-0.3, -0.25) is 4.79 Å². The fourth-order valence-electron chi connectivity index (χ4n) is 3.41. The van der Waals surface area contributed by atoms with Gasteiger partial charge in [0.2, 0.25) is 0 Å². The number of carbonyl (C=O) groups is 3. The summed E-state index contributed by atoms with van der Waals surface area (Å²) in [6, 6.07) is 0. The van der Waals surface area contributed by atoms with Crippen LogP contribution in [0.4, 0.5) is 0 Å². The van der Waals surface area contributed by atoms with Gasteiger partial charge in [0.05, 0.1) is 5.92 Å². The lowest BCUT2D eigenvalue weighted by atomic mass is 9.83. The molecule has 0 N–H and O–H groups in total. The summed E-state index contributed by atoms with van der Waals surface area (Å²) in [6.07, 6.45) is 5.00. The molecule has 6 heteroatoms. The predicted molar refractivity (Wildman–Crippen MR) is 104 cm³/mol. The van der Waals surface area contributed by atoms with Crippen LogP contribution in [-0.4, -0.2) is 43.1 Å². The van der Waals surface area contributed by atoms with Crippen LogP contribution in [0.3, 0.4) is 0 Å². The summed E-state index contributed by atoms with van der Waals surface area (Å²) in [4.78, 5) is 36.6. The highest BCUT2D eigenvalue weighted by Gasteiger charge is 2.48. The van der Waals surface area contributed by atoms with Gasteiger partial charge in [-0.2, -0.15) is 0 Å². The Morgan fingerprint density at radius 1 is 1.43 bits per heavy atom. The van der Waals surface area contributed by atoms with E-state index in [1.165, 1.54) is 0 Å². The normalized spacial score (nSPS) is 30.5. The van der Waals surface area contributed by atoms with Gasteiger partial charge in [-0.15, -0.1) is 0 Å². The van der Waals surface area contributed by atoms with Crippen LogP contribution in [0.1, 0.15) is 40.5 Å². The number of aldehydes is 1. The van der Waals surface area contributed by atoms with Crippen LogP contribution in [0.2, 0.25) is 0 Å². The number of esters is 2. The maximum Gasteiger partial charge on any atom is 0.334 e. The first-order valence-electron chi connectivity index (χ1n) is 9.51. The van der Waals surface area contributed by atoms with E-state index in [1.807, 2.05) is 13.0 Å². The second-order valence-corrected chi connectivity index (χ2v) is 7.01. The molecule has 0 amide bonds. The van der Waals surface area contributed by atoms with Gasteiger partial charge in [0.25, 0.3) is 0 Å². The topological polar surface area (TPSA) is 78.9 Å². The minimum atomic E-state index is -0.926. The molecule has 1 aliphatic heterocycles. The monoisotopic (exact) mass is 388 g/mol. The third kappa shape index (κ3) is 4.68. The molecule has 152 valence electrons. The molecule has 0 aromatic rings. The van der Waals surface area contributed by atoms with Crippen LogP contribution in [0.15, 0.2) is 47.1 Å². The second kappa shape index (κ2) is 9.64. The fourth-order valence-corrected chi connectivity index (χ4v) is 3.41. The van der Waals surface area contributed by atoms with Gasteiger partial charge in [0.15, 0.2) is 0 Å². The Morgan fingerprint density at radius 2 is 2.14 bits per heavy atom. The molecule has 0 aromatic carbocycles. The zero-order valence-corrected chi connectivity index (χ0v) is 16.9. The molecule has 6 nitrogen and oxygen atoms in total. The molecule has 28 heavy (non-hydrogen) atoms. The largest absolute Gasteiger partial charge is 0.455 e. The summed E-state index contributed by atoms with van der Waals surface area (Å²) in [6.45, 7) is 11.3. The van der Waals surface area contributed by atoms with Crippen LogP contribution in [0.25, 0.3) is 0 Å². The van der Waals surface area contributed by atoms with Gasteiger partial charge in [0.1, 0.15) is 24.6 Å². The Kier molecular flexibility index (Phi) is 7.52. The Bertz CT molecular complexity index is 742. The first-order chi connectivity index (χ1) is 13.3. The van der Waals surface area contributed by atoms with Gasteiger partial charge >= 0.3 is 11.9 Å². The van der Waals surface area contributed by atoms with E-state index in [-0.39, 0.29) is 5.57 Å². The summed E-state index contributed by atoms with van der Waals surface area (Å²) < 4.78 is 17.1. The van der Waals surface area contributed by atoms with E-state index in [4.69, 9.17) is 14.2 Å². The van der Waals surface area contributed by atoms with Crippen molar-refractivity contribution in [3.8, 4) is 0 Å². The van der Waals surface area contributed by atoms with Crippen molar-refractivity contribution in [3.63, 3.8) is 0 Å². The van der Waals surface area contributed by atoms with Crippen molar-refractivity contribution in [2.75, 3.05) is 6.61 Å². The molecule has 1 heterocycles. The van der Waals surface area contributed by atoms with E-state index >= 15 is 0 Å². The van der Waals surface area contributed by atoms with Crippen LogP contribution in [0, 0.1) is 5.92 Å². The van der Waals surface area contributed by atoms with Crippen molar-refractivity contribution in [2.24, 2.45) is 5.92 Å². The van der Waals surface area contributed by atoms with E-state index in [0.717, 1.165) is 11.9 Å². The average molecular weight is 388 g/mol. The number of hydrogen-bond donors (Lipinski definition) is 0. The molecule has 2 aliphatic rings. The van der Waals surface area contributed by atoms with Gasteiger partial charge < -0.3 is 14.2 Å². The quantitative estimate of drug-likeness (QED) is 0.311. The van der Waals surface area contributed by atoms with Crippen molar-refractivity contribution >= 4 is 18.2 Å². The third-order valence-electron chi connectivity index (χ3n) is 5.09. The molecule has 0 radical (unpaired) electrons. The van der Waals surface area contributed by atoms with Crippen LogP contribution < -0.4 is 0 Å². The summed E-state index contributed by atoms with van der Waals surface area (Å²) in [5.41, 5.74) is 2.03. The molecular formula is C22H28O6. The highest BCUT2D eigenvalue weighted by Crippen LogP contribution is 2.37. The van der Waals surface area contributed by atoms with Crippen molar-refractivity contribution in [1.29, 1.82) is 0 Å². The Hall–Kier alpha value is -2.47. The van der Waals surface area contributed by atoms with E-state index in [9.17, 15) is 14.4 Å². The second-order valence-electron chi connectivity index (χ2n) is 7.01. The van der Waals surface area contributed by atoms with E-state index < -0.39 is 36.2 Å². The minimum Gasteiger partial charge on any atom is -0.455 e. The first kappa shape index (κ1) is 21.8. The molecule has 4 atom stereocenters. The lowest BCUT2D eigenvalue weighted by Crippen LogP contribution is -2.44. The van der Waals surface area contributed by atoms with E-state index in [1.54, 1.807) is 32.9 Å². The number of carbonyl (C=O) groups excluding carboxylic acids is 3. The van der Waals surface area contributed by atoms with Crippen molar-refractivity contribution in [2.45, 2.75) is 58.8 Å². The maximum absolute atomic E-state index is 12.6. The van der Waals surface area contributed by atoms with Crippen molar-refractivity contribution in [1.82, 2.24) is 0 Å². The van der Waals surface area contributed by atoms with Gasteiger partial charge in [-0.25, -0.2) is 9.59 Å². The Balaban J connectivity index is 2.59. The lowest BCUT2D eigenvalue weighted by molar-refractivity contribution is -0.156. The maximum atomic E-state index is 12.6. The van der Waals surface area contributed by atoms with Gasteiger partial charge in [-0.1, -0.05) is 24.3 Å². The lowest BCUT2D eigenvalue weighted by Gasteiger charge is -2.33. The molecule has 0 aromatic heterocycles. The fraction of sp³-hybridized carbons (Fsp3) is 0.500. The van der Waals surface area contributed by atoms with E-state index in [2.05, 4.69) is 6.58 Å². The Morgan fingerprint density at radius 3 is 2.75 bits per heavy atom. The number of rotatable bonds is 5. The summed E-state index contributed by atoms with van der Waals surface area (Å²) in [5.74, 6) is -1.71. The van der Waals surface area contributed by atoms with Crippen molar-refractivity contribution in [3.05, 3.63) is 47.1 Å². The number of ether oxygens (including phenoxy) is 3. The van der Waals surface area contributed by atoms with Crippen molar-refractivity contribution < 1.29 is 28.6 Å². The molecule has 0 spiro atoms. The first-order valence-corrected chi connectivity index (χ1v) is 9.51. The molecular weight excluding hydrogens is 360 g/mol. The van der Waals surface area contributed by atoms with Crippen LogP contribution >= 0.6 is 0 Å². The summed E-state index contributed by atoms with van der Waals surface area (Å²) in [7, 11) is 0. The van der Waals surface area contributed by atoms with Crippen LogP contribution in [0.5, 0.6) is 0 Å². The summed E-state index contributed by atoms with van der Waals surface area (Å²) in [5, 5.41) is 0. The van der Waals surface area contributed by atoms with Crippen LogP contribution in [-0.2, 0) is 28.6 Å². The Labute approximate surface area is 165 Å². The SMILES string of the molecule is C=C1C(=O)O[C@@H]2/C=C(/C)CCC=C(C=O)[C@H](OCC)[C@@H](OC(=O)/C(C)=C\C)[C@@H]12. The average Bonchev–Trinajstić information content (AvgIpc) is 2.94. The number of fused-ring (bicyclic) bond motifs is 1. The highest BCUT2D eigenvalue weighted by molar-refractivity contribution is 5.92. The number of allylic oxidation sites excluding steroid dienone is 3. The summed E-state index contributed by atoms with van der Waals surface area (Å²) >= 11 is 0. The molecule has 0 unspecified atom stereocenters. The van der Waals surface area contributed by atoms with Gasteiger partial charge in [-0.05, 0) is 46.6 Å². The third-order valence-corrected chi connectivity index (χ3v) is 5.09. The molecule has 1 aliphatic carbocycles. The number of hydrogen-bond acceptors (Lipinski definition) is 6. The molecule has 0 saturated carbocycles. The van der Waals surface area contributed by atoms with Gasteiger partial charge in [0, 0.05) is 23.3 Å². The van der Waals surface area contributed by atoms with E-state index in [0.29, 0.717) is 30.6 Å². The predicted octanol–water partition coefficient (Wildman–Crippen LogP) is 3.23. The minimum absolute atomic E-state index is 0.209. The highest BCUT2D eigenvalue weighted by atomic mass is 16.6. The molecule has 0 bridgehead atoms. The zero-order valence-electron chi connectivity index (χ0n) is 16.9. The molecule has 2 rings (SSSR count). The zero-order chi connectivity index (χ0) is 20.8.